The summed E-state index contributed by atoms with van der Waals surface area (Å²) < 4.78 is 5.08. The number of hydrogen-bond acceptors (Lipinski definition) is 4. The summed E-state index contributed by atoms with van der Waals surface area (Å²) in [6.45, 7) is 0.459. The van der Waals surface area contributed by atoms with Crippen LogP contribution in [0.5, 0.6) is 11.5 Å². The van der Waals surface area contributed by atoms with Crippen molar-refractivity contribution in [3.05, 3.63) is 23.8 Å². The van der Waals surface area contributed by atoms with Crippen LogP contribution in [-0.2, 0) is 11.3 Å². The van der Waals surface area contributed by atoms with Crippen molar-refractivity contribution in [3.8, 4) is 11.5 Å². The smallest absolute Gasteiger partial charge is 0.410 e. The highest BCUT2D eigenvalue weighted by Gasteiger charge is 2.17. The zero-order chi connectivity index (χ0) is 10.7. The molecule has 0 bridgehead atoms. The molecule has 0 aromatic heterocycles. The Morgan fingerprint density at radius 3 is 3.20 bits per heavy atom. The van der Waals surface area contributed by atoms with E-state index < -0.39 is 6.09 Å². The summed E-state index contributed by atoms with van der Waals surface area (Å²) in [5, 5.41) is 2.39. The highest BCUT2D eigenvalue weighted by molar-refractivity contribution is 5.70. The molecule has 15 heavy (non-hydrogen) atoms. The van der Waals surface area contributed by atoms with Crippen molar-refractivity contribution in [2.45, 2.75) is 6.42 Å². The Bertz CT molecular complexity index is 378. The van der Waals surface area contributed by atoms with Crippen LogP contribution in [0, 0.1) is 0 Å². The van der Waals surface area contributed by atoms with Gasteiger partial charge in [-0.2, -0.15) is 4.89 Å². The van der Waals surface area contributed by atoms with Gasteiger partial charge >= 0.3 is 6.09 Å². The summed E-state index contributed by atoms with van der Waals surface area (Å²) in [4.78, 5) is 20.9. The van der Waals surface area contributed by atoms with Gasteiger partial charge in [0.15, 0.2) is 5.75 Å². The fraction of sp³-hybridized carbons (Fsp3) is 0.300. The van der Waals surface area contributed by atoms with Crippen molar-refractivity contribution in [1.29, 1.82) is 0 Å². The lowest BCUT2D eigenvalue weighted by atomic mass is 10.1. The molecule has 1 N–H and O–H groups in total. The summed E-state index contributed by atoms with van der Waals surface area (Å²) in [7, 11) is 1.51. The molecule has 1 heterocycles. The Balaban J connectivity index is 2.27. The van der Waals surface area contributed by atoms with E-state index >= 15 is 0 Å². The highest BCUT2D eigenvalue weighted by atomic mass is 17.2. The molecule has 0 saturated heterocycles. The van der Waals surface area contributed by atoms with Crippen molar-refractivity contribution >= 4 is 6.09 Å². The van der Waals surface area contributed by atoms with Gasteiger partial charge in [0, 0.05) is 19.0 Å². The first-order valence-corrected chi connectivity index (χ1v) is 4.62. The predicted molar refractivity (Wildman–Crippen MR) is 51.8 cm³/mol. The van der Waals surface area contributed by atoms with Gasteiger partial charge in [-0.1, -0.05) is 6.07 Å². The van der Waals surface area contributed by atoms with Gasteiger partial charge in [0.05, 0.1) is 6.61 Å². The molecule has 0 fully saturated rings. The molecule has 0 radical (unpaired) electrons. The van der Waals surface area contributed by atoms with Gasteiger partial charge < -0.3 is 14.9 Å². The Hall–Kier alpha value is -1.75. The van der Waals surface area contributed by atoms with E-state index in [0.717, 1.165) is 5.56 Å². The van der Waals surface area contributed by atoms with E-state index in [1.807, 2.05) is 0 Å². The van der Waals surface area contributed by atoms with Crippen LogP contribution in [-0.4, -0.2) is 19.7 Å². The van der Waals surface area contributed by atoms with E-state index in [1.165, 1.54) is 7.05 Å². The first-order chi connectivity index (χ1) is 7.31. The van der Waals surface area contributed by atoms with Gasteiger partial charge in [-0.15, -0.1) is 0 Å². The summed E-state index contributed by atoms with van der Waals surface area (Å²) in [6.07, 6.45) is 0.178. The van der Waals surface area contributed by atoms with Crippen molar-refractivity contribution < 1.29 is 19.3 Å². The van der Waals surface area contributed by atoms with Gasteiger partial charge in [-0.3, -0.25) is 0 Å². The second kappa shape index (κ2) is 4.18. The summed E-state index contributed by atoms with van der Waals surface area (Å²) in [5.74, 6) is 1.11. The third-order valence-corrected chi connectivity index (χ3v) is 2.08. The van der Waals surface area contributed by atoms with Gasteiger partial charge in [-0.05, 0) is 12.1 Å². The zero-order valence-electron chi connectivity index (χ0n) is 8.28. The molecule has 80 valence electrons. The molecular formula is C10H11NO4. The van der Waals surface area contributed by atoms with Crippen LogP contribution < -0.4 is 14.9 Å². The van der Waals surface area contributed by atoms with Crippen LogP contribution in [0.1, 0.15) is 5.56 Å². The van der Waals surface area contributed by atoms with Gasteiger partial charge in [0.1, 0.15) is 5.75 Å². The van der Waals surface area contributed by atoms with Crippen molar-refractivity contribution in [2.75, 3.05) is 13.7 Å². The van der Waals surface area contributed by atoms with E-state index in [-0.39, 0.29) is 0 Å². The molecule has 1 aliphatic heterocycles. The summed E-state index contributed by atoms with van der Waals surface area (Å²) in [6, 6.07) is 5.24. The molecule has 0 unspecified atom stereocenters. The van der Waals surface area contributed by atoms with Gasteiger partial charge in [0.2, 0.25) is 0 Å². The second-order valence-corrected chi connectivity index (χ2v) is 3.03. The van der Waals surface area contributed by atoms with Crippen LogP contribution in [0.3, 0.4) is 0 Å². The SMILES string of the molecule is CNC(=O)Oc1cccc2c1CCOO2. The maximum atomic E-state index is 11.1. The number of amides is 1. The molecule has 1 amide bonds. The van der Waals surface area contributed by atoms with Gasteiger partial charge in [-0.25, -0.2) is 4.79 Å². The fourth-order valence-electron chi connectivity index (χ4n) is 1.37. The number of carbonyl (C=O) groups excluding carboxylic acids is 1. The Kier molecular flexibility index (Phi) is 2.73. The summed E-state index contributed by atoms with van der Waals surface area (Å²) >= 11 is 0. The lowest BCUT2D eigenvalue weighted by Gasteiger charge is -2.17. The number of carbonyl (C=O) groups is 1. The number of ether oxygens (including phenoxy) is 1. The number of rotatable bonds is 1. The second-order valence-electron chi connectivity index (χ2n) is 3.03. The molecule has 0 spiro atoms. The summed E-state index contributed by atoms with van der Waals surface area (Å²) in [5.41, 5.74) is 0.854. The number of hydrogen-bond donors (Lipinski definition) is 1. The number of benzene rings is 1. The monoisotopic (exact) mass is 209 g/mol. The number of nitrogens with one attached hydrogen (secondary N) is 1. The van der Waals surface area contributed by atoms with Crippen molar-refractivity contribution in [2.24, 2.45) is 0 Å². The van der Waals surface area contributed by atoms with E-state index in [4.69, 9.17) is 14.5 Å². The van der Waals surface area contributed by atoms with Crippen LogP contribution in [0.2, 0.25) is 0 Å². The molecule has 5 heteroatoms. The standard InChI is InChI=1S/C10H11NO4/c1-11-10(12)14-8-3-2-4-9-7(8)5-6-13-15-9/h2-4H,5-6H2,1H3,(H,11,12). The van der Waals surface area contributed by atoms with E-state index in [9.17, 15) is 4.79 Å². The van der Waals surface area contributed by atoms with E-state index in [0.29, 0.717) is 24.5 Å². The Labute approximate surface area is 86.9 Å². The number of fused-ring (bicyclic) bond motifs is 1. The largest absolute Gasteiger partial charge is 0.412 e. The molecule has 0 atom stereocenters. The molecule has 0 saturated carbocycles. The lowest BCUT2D eigenvalue weighted by molar-refractivity contribution is -0.215. The maximum Gasteiger partial charge on any atom is 0.412 e. The lowest BCUT2D eigenvalue weighted by Crippen LogP contribution is -2.23. The van der Waals surface area contributed by atoms with Crippen LogP contribution in [0.15, 0.2) is 18.2 Å². The first kappa shape index (κ1) is 9.79. The third-order valence-electron chi connectivity index (χ3n) is 2.08. The average molecular weight is 209 g/mol. The topological polar surface area (TPSA) is 56.8 Å². The molecule has 1 aromatic rings. The first-order valence-electron chi connectivity index (χ1n) is 4.62. The average Bonchev–Trinajstić information content (AvgIpc) is 2.29. The van der Waals surface area contributed by atoms with Crippen LogP contribution >= 0.6 is 0 Å². The quantitative estimate of drug-likeness (QED) is 0.707. The molecule has 5 nitrogen and oxygen atoms in total. The molecular weight excluding hydrogens is 198 g/mol. The molecule has 0 aliphatic carbocycles. The minimum absolute atomic E-state index is 0.459. The Morgan fingerprint density at radius 1 is 1.53 bits per heavy atom. The highest BCUT2D eigenvalue weighted by Crippen LogP contribution is 2.31. The molecule has 2 rings (SSSR count). The van der Waals surface area contributed by atoms with E-state index in [1.54, 1.807) is 18.2 Å². The fourth-order valence-corrected chi connectivity index (χ4v) is 1.37. The maximum absolute atomic E-state index is 11.1. The predicted octanol–water partition coefficient (Wildman–Crippen LogP) is 1.27. The molecule has 1 aromatic carbocycles. The van der Waals surface area contributed by atoms with Gasteiger partial charge in [0.25, 0.3) is 0 Å². The van der Waals surface area contributed by atoms with Crippen molar-refractivity contribution in [1.82, 2.24) is 5.32 Å². The Morgan fingerprint density at radius 2 is 2.40 bits per heavy atom. The molecule has 1 aliphatic rings. The minimum atomic E-state index is -0.491. The van der Waals surface area contributed by atoms with Crippen LogP contribution in [0.25, 0.3) is 0 Å². The third kappa shape index (κ3) is 2.02. The zero-order valence-corrected chi connectivity index (χ0v) is 8.28. The van der Waals surface area contributed by atoms with Crippen LogP contribution in [0.4, 0.5) is 4.79 Å². The normalized spacial score (nSPS) is 13.7. The minimum Gasteiger partial charge on any atom is -0.410 e. The van der Waals surface area contributed by atoms with Crippen molar-refractivity contribution in [3.63, 3.8) is 0 Å². The van der Waals surface area contributed by atoms with E-state index in [2.05, 4.69) is 5.32 Å².